The Morgan fingerprint density at radius 1 is 0.938 bits per heavy atom. The zero-order valence-corrected chi connectivity index (χ0v) is 9.41. The van der Waals surface area contributed by atoms with E-state index in [0.29, 0.717) is 16.1 Å². The summed E-state index contributed by atoms with van der Waals surface area (Å²) in [7, 11) is 0. The van der Waals surface area contributed by atoms with Gasteiger partial charge in [0.15, 0.2) is 0 Å². The monoisotopic (exact) mass is 257 g/mol. The predicted octanol–water partition coefficient (Wildman–Crippen LogP) is 4.74. The van der Waals surface area contributed by atoms with Crippen LogP contribution < -0.4 is 0 Å². The Morgan fingerprint density at radius 3 is 2.38 bits per heavy atom. The van der Waals surface area contributed by atoms with Gasteiger partial charge in [0.1, 0.15) is 11.6 Å². The molecule has 0 nitrogen and oxygen atoms in total. The van der Waals surface area contributed by atoms with Crippen LogP contribution in [0.4, 0.5) is 8.78 Å². The molecule has 0 atom stereocenters. The van der Waals surface area contributed by atoms with Gasteiger partial charge in [0.05, 0.1) is 5.02 Å². The summed E-state index contributed by atoms with van der Waals surface area (Å²) >= 11 is 11.7. The maximum absolute atomic E-state index is 13.0. The van der Waals surface area contributed by atoms with Crippen molar-refractivity contribution in [1.82, 2.24) is 0 Å². The molecule has 0 aliphatic carbocycles. The number of hydrogen-bond acceptors (Lipinski definition) is 0. The summed E-state index contributed by atoms with van der Waals surface area (Å²) in [5.41, 5.74) is 0.777. The Morgan fingerprint density at radius 2 is 1.69 bits per heavy atom. The predicted molar refractivity (Wildman–Crippen MR) is 60.7 cm³/mol. The first kappa shape index (κ1) is 11.4. The standard InChI is InChI=1S/C12H5Cl2F2/c13-11-4-2-7(15)5-10(11)9-3-1-8(16)6-12(9)14/h1-4,6H. The maximum Gasteiger partial charge on any atom is 0.131 e. The maximum atomic E-state index is 13.0. The topological polar surface area (TPSA) is 0 Å². The quantitative estimate of drug-likeness (QED) is 0.693. The summed E-state index contributed by atoms with van der Waals surface area (Å²) < 4.78 is 25.9. The molecule has 4 heteroatoms. The van der Waals surface area contributed by atoms with Gasteiger partial charge < -0.3 is 0 Å². The van der Waals surface area contributed by atoms with Crippen molar-refractivity contribution in [1.29, 1.82) is 0 Å². The Hall–Kier alpha value is -1.12. The van der Waals surface area contributed by atoms with Crippen LogP contribution in [0.15, 0.2) is 30.3 Å². The van der Waals surface area contributed by atoms with Gasteiger partial charge in [-0.25, -0.2) is 8.78 Å². The molecule has 0 aliphatic heterocycles. The molecule has 0 amide bonds. The van der Waals surface area contributed by atoms with E-state index in [2.05, 4.69) is 6.07 Å². The third kappa shape index (κ3) is 2.18. The second-order valence-corrected chi connectivity index (χ2v) is 3.97. The van der Waals surface area contributed by atoms with E-state index in [1.807, 2.05) is 0 Å². The molecule has 2 aromatic rings. The molecule has 2 aromatic carbocycles. The Labute approximate surface area is 101 Å². The van der Waals surface area contributed by atoms with Gasteiger partial charge in [0, 0.05) is 22.2 Å². The average Bonchev–Trinajstić information content (AvgIpc) is 2.22. The van der Waals surface area contributed by atoms with Crippen LogP contribution in [-0.2, 0) is 0 Å². The summed E-state index contributed by atoms with van der Waals surface area (Å²) in [6, 6.07) is 8.87. The van der Waals surface area contributed by atoms with Crippen LogP contribution in [0.2, 0.25) is 10.0 Å². The molecule has 81 valence electrons. The molecule has 1 radical (unpaired) electrons. The first-order valence-electron chi connectivity index (χ1n) is 4.40. The van der Waals surface area contributed by atoms with E-state index in [4.69, 9.17) is 23.2 Å². The lowest BCUT2D eigenvalue weighted by Gasteiger charge is -2.06. The van der Waals surface area contributed by atoms with Gasteiger partial charge in [0.25, 0.3) is 0 Å². The van der Waals surface area contributed by atoms with Crippen LogP contribution in [0, 0.1) is 17.7 Å². The molecule has 0 unspecified atom stereocenters. The molecule has 0 aliphatic rings. The number of halogens is 4. The van der Waals surface area contributed by atoms with E-state index in [1.165, 1.54) is 24.3 Å². The van der Waals surface area contributed by atoms with E-state index in [0.717, 1.165) is 6.07 Å². The number of rotatable bonds is 1. The molecule has 0 aromatic heterocycles. The summed E-state index contributed by atoms with van der Waals surface area (Å²) in [5, 5.41) is 0.485. The lowest BCUT2D eigenvalue weighted by Crippen LogP contribution is -1.85. The van der Waals surface area contributed by atoms with Gasteiger partial charge in [-0.3, -0.25) is 0 Å². The van der Waals surface area contributed by atoms with Gasteiger partial charge in [0.2, 0.25) is 0 Å². The van der Waals surface area contributed by atoms with Crippen LogP contribution in [0.1, 0.15) is 0 Å². The Balaban J connectivity index is 2.62. The Kier molecular flexibility index (Phi) is 3.13. The van der Waals surface area contributed by atoms with Gasteiger partial charge in [-0.2, -0.15) is 0 Å². The van der Waals surface area contributed by atoms with Crippen molar-refractivity contribution < 1.29 is 8.78 Å². The van der Waals surface area contributed by atoms with Crippen LogP contribution in [0.5, 0.6) is 0 Å². The fraction of sp³-hybridized carbons (Fsp3) is 0. The van der Waals surface area contributed by atoms with Gasteiger partial charge >= 0.3 is 0 Å². The summed E-state index contributed by atoms with van der Waals surface area (Å²) in [4.78, 5) is 0. The lowest BCUT2D eigenvalue weighted by atomic mass is 10.1. The van der Waals surface area contributed by atoms with Crippen molar-refractivity contribution in [2.45, 2.75) is 0 Å². The first-order valence-corrected chi connectivity index (χ1v) is 5.16. The van der Waals surface area contributed by atoms with Crippen molar-refractivity contribution >= 4 is 23.2 Å². The lowest BCUT2D eigenvalue weighted by molar-refractivity contribution is 0.626. The smallest absolute Gasteiger partial charge is 0.131 e. The molecule has 0 spiro atoms. The average molecular weight is 258 g/mol. The molecule has 0 fully saturated rings. The van der Waals surface area contributed by atoms with Crippen molar-refractivity contribution in [2.75, 3.05) is 0 Å². The Bertz CT molecular complexity index is 539. The minimum atomic E-state index is -0.542. The number of hydrogen-bond donors (Lipinski definition) is 0. The molecule has 0 N–H and O–H groups in total. The van der Waals surface area contributed by atoms with Crippen molar-refractivity contribution in [3.8, 4) is 11.1 Å². The van der Waals surface area contributed by atoms with Crippen molar-refractivity contribution in [3.63, 3.8) is 0 Å². The minimum absolute atomic E-state index is 0.170. The van der Waals surface area contributed by atoms with Crippen molar-refractivity contribution in [2.24, 2.45) is 0 Å². The van der Waals surface area contributed by atoms with Crippen LogP contribution in [0.25, 0.3) is 11.1 Å². The van der Waals surface area contributed by atoms with E-state index < -0.39 is 11.6 Å². The van der Waals surface area contributed by atoms with E-state index in [1.54, 1.807) is 0 Å². The highest BCUT2D eigenvalue weighted by Gasteiger charge is 2.10. The van der Waals surface area contributed by atoms with Crippen LogP contribution >= 0.6 is 23.2 Å². The third-order valence-corrected chi connectivity index (χ3v) is 2.69. The minimum Gasteiger partial charge on any atom is -0.207 e. The van der Waals surface area contributed by atoms with Crippen LogP contribution in [0.3, 0.4) is 0 Å². The normalized spacial score (nSPS) is 10.5. The molecule has 16 heavy (non-hydrogen) atoms. The third-order valence-electron chi connectivity index (χ3n) is 2.06. The highest BCUT2D eigenvalue weighted by molar-refractivity contribution is 6.36. The fourth-order valence-corrected chi connectivity index (χ4v) is 1.81. The zero-order valence-electron chi connectivity index (χ0n) is 7.90. The van der Waals surface area contributed by atoms with Crippen molar-refractivity contribution in [3.05, 3.63) is 58.1 Å². The fourth-order valence-electron chi connectivity index (χ4n) is 1.34. The summed E-state index contributed by atoms with van der Waals surface area (Å²) in [6.07, 6.45) is 0. The highest BCUT2D eigenvalue weighted by Crippen LogP contribution is 2.33. The second kappa shape index (κ2) is 4.40. The highest BCUT2D eigenvalue weighted by atomic mass is 35.5. The molecular formula is C12H5Cl2F2. The number of benzene rings is 2. The molecule has 2 rings (SSSR count). The van der Waals surface area contributed by atoms with E-state index >= 15 is 0 Å². The van der Waals surface area contributed by atoms with Gasteiger partial charge in [-0.05, 0) is 30.3 Å². The van der Waals surface area contributed by atoms with Gasteiger partial charge in [-0.15, -0.1) is 0 Å². The van der Waals surface area contributed by atoms with Crippen LogP contribution in [-0.4, -0.2) is 0 Å². The van der Waals surface area contributed by atoms with E-state index in [9.17, 15) is 8.78 Å². The largest absolute Gasteiger partial charge is 0.207 e. The molecular weight excluding hydrogens is 253 g/mol. The molecule has 0 bridgehead atoms. The second-order valence-electron chi connectivity index (χ2n) is 3.15. The first-order chi connectivity index (χ1) is 7.58. The SMILES string of the molecule is Fc1[c]c(-c2ccc(F)cc2Cl)c(Cl)cc1. The molecule has 0 saturated heterocycles. The van der Waals surface area contributed by atoms with Gasteiger partial charge in [-0.1, -0.05) is 23.2 Å². The summed E-state index contributed by atoms with van der Waals surface area (Å²) in [6.45, 7) is 0. The molecule has 0 heterocycles. The molecule has 0 saturated carbocycles. The summed E-state index contributed by atoms with van der Waals surface area (Å²) in [5.74, 6) is -0.999. The zero-order chi connectivity index (χ0) is 11.7. The van der Waals surface area contributed by atoms with E-state index in [-0.39, 0.29) is 5.02 Å².